The Kier molecular flexibility index (Phi) is 3.09. The van der Waals surface area contributed by atoms with Crippen LogP contribution in [-0.2, 0) is 13.5 Å². The lowest BCUT2D eigenvalue weighted by Crippen LogP contribution is -2.50. The van der Waals surface area contributed by atoms with E-state index in [1.54, 1.807) is 0 Å². The predicted octanol–water partition coefficient (Wildman–Crippen LogP) is 3.02. The average Bonchev–Trinajstić information content (AvgIpc) is 2.71. The van der Waals surface area contributed by atoms with Gasteiger partial charge in [0.25, 0.3) is 0 Å². The molecule has 1 fully saturated rings. The molecule has 102 valence electrons. The van der Waals surface area contributed by atoms with Crippen molar-refractivity contribution >= 4 is 10.9 Å². The summed E-state index contributed by atoms with van der Waals surface area (Å²) in [7, 11) is 2.01. The molecule has 1 heterocycles. The van der Waals surface area contributed by atoms with E-state index in [4.69, 9.17) is 10.8 Å². The van der Waals surface area contributed by atoms with Crippen LogP contribution >= 0.6 is 0 Å². The first-order valence-electron chi connectivity index (χ1n) is 7.30. The van der Waals surface area contributed by atoms with E-state index >= 15 is 0 Å². The van der Waals surface area contributed by atoms with Gasteiger partial charge in [0, 0.05) is 24.4 Å². The molecular formula is C16H23N3. The minimum Gasteiger partial charge on any atom is -0.325 e. The molecule has 2 unspecified atom stereocenters. The summed E-state index contributed by atoms with van der Waals surface area (Å²) in [5.74, 6) is 0.585. The first-order chi connectivity index (χ1) is 9.10. The van der Waals surface area contributed by atoms with Crippen LogP contribution in [-0.4, -0.2) is 15.3 Å². The van der Waals surface area contributed by atoms with Gasteiger partial charge in [-0.3, -0.25) is 4.68 Å². The van der Waals surface area contributed by atoms with Gasteiger partial charge in [-0.1, -0.05) is 38.0 Å². The van der Waals surface area contributed by atoms with E-state index in [0.717, 1.165) is 18.5 Å². The lowest BCUT2D eigenvalue weighted by Gasteiger charge is -2.39. The molecule has 0 radical (unpaired) electrons. The molecule has 1 saturated carbocycles. The smallest absolute Gasteiger partial charge is 0.0721 e. The van der Waals surface area contributed by atoms with Crippen molar-refractivity contribution in [1.82, 2.24) is 9.78 Å². The van der Waals surface area contributed by atoms with E-state index in [1.807, 2.05) is 11.7 Å². The van der Waals surface area contributed by atoms with Crippen molar-refractivity contribution in [1.29, 1.82) is 0 Å². The van der Waals surface area contributed by atoms with Gasteiger partial charge in [0.1, 0.15) is 0 Å². The molecule has 1 aliphatic rings. The Bertz CT molecular complexity index is 587. The number of nitrogens with two attached hydrogens (primary N) is 1. The van der Waals surface area contributed by atoms with Crippen LogP contribution in [0, 0.1) is 5.92 Å². The maximum absolute atomic E-state index is 6.69. The number of nitrogens with zero attached hydrogens (tertiary/aromatic N) is 2. The molecule has 0 spiro atoms. The average molecular weight is 257 g/mol. The van der Waals surface area contributed by atoms with Crippen LogP contribution in [0.1, 0.15) is 38.3 Å². The maximum atomic E-state index is 6.69. The zero-order valence-electron chi connectivity index (χ0n) is 11.9. The fourth-order valence-electron chi connectivity index (χ4n) is 3.43. The Labute approximate surface area is 114 Å². The SMILES string of the molecule is CC1CCCCC1(N)Cc1nn(C)c2ccccc12. The lowest BCUT2D eigenvalue weighted by molar-refractivity contribution is 0.202. The van der Waals surface area contributed by atoms with Crippen LogP contribution in [0.4, 0.5) is 0 Å². The number of para-hydroxylation sites is 1. The van der Waals surface area contributed by atoms with Crippen LogP contribution in [0.25, 0.3) is 10.9 Å². The van der Waals surface area contributed by atoms with Crippen molar-refractivity contribution in [3.63, 3.8) is 0 Å². The molecule has 19 heavy (non-hydrogen) atoms. The molecule has 0 saturated heterocycles. The van der Waals surface area contributed by atoms with Gasteiger partial charge in [0.15, 0.2) is 0 Å². The summed E-state index contributed by atoms with van der Waals surface area (Å²) in [5.41, 5.74) is 8.97. The Morgan fingerprint density at radius 1 is 1.37 bits per heavy atom. The number of hydrogen-bond acceptors (Lipinski definition) is 2. The van der Waals surface area contributed by atoms with E-state index in [1.165, 1.54) is 30.2 Å². The predicted molar refractivity (Wildman–Crippen MR) is 79.0 cm³/mol. The van der Waals surface area contributed by atoms with Gasteiger partial charge in [0.2, 0.25) is 0 Å². The Hall–Kier alpha value is -1.35. The quantitative estimate of drug-likeness (QED) is 0.898. The monoisotopic (exact) mass is 257 g/mol. The third kappa shape index (κ3) is 2.16. The van der Waals surface area contributed by atoms with E-state index in [0.29, 0.717) is 5.92 Å². The summed E-state index contributed by atoms with van der Waals surface area (Å²) in [4.78, 5) is 0. The summed E-state index contributed by atoms with van der Waals surface area (Å²) in [6.07, 6.45) is 5.85. The Morgan fingerprint density at radius 3 is 2.95 bits per heavy atom. The third-order valence-corrected chi connectivity index (χ3v) is 4.84. The highest BCUT2D eigenvalue weighted by Gasteiger charge is 2.35. The van der Waals surface area contributed by atoms with Gasteiger partial charge in [-0.05, 0) is 24.8 Å². The molecule has 1 aromatic carbocycles. The molecule has 2 atom stereocenters. The van der Waals surface area contributed by atoms with E-state index in [9.17, 15) is 0 Å². The standard InChI is InChI=1S/C16H23N3/c1-12-7-5-6-10-16(12,17)11-14-13-8-3-4-9-15(13)19(2)18-14/h3-4,8-9,12H,5-7,10-11,17H2,1-2H3. The van der Waals surface area contributed by atoms with Gasteiger partial charge >= 0.3 is 0 Å². The fraction of sp³-hybridized carbons (Fsp3) is 0.562. The zero-order chi connectivity index (χ0) is 13.5. The fourth-order valence-corrected chi connectivity index (χ4v) is 3.43. The van der Waals surface area contributed by atoms with Crippen molar-refractivity contribution in [2.75, 3.05) is 0 Å². The third-order valence-electron chi connectivity index (χ3n) is 4.84. The van der Waals surface area contributed by atoms with Crippen molar-refractivity contribution < 1.29 is 0 Å². The highest BCUT2D eigenvalue weighted by molar-refractivity contribution is 5.82. The second-order valence-electron chi connectivity index (χ2n) is 6.14. The van der Waals surface area contributed by atoms with E-state index < -0.39 is 0 Å². The molecule has 3 nitrogen and oxygen atoms in total. The van der Waals surface area contributed by atoms with Crippen molar-refractivity contribution in [3.8, 4) is 0 Å². The first kappa shape index (κ1) is 12.7. The molecular weight excluding hydrogens is 234 g/mol. The molecule has 3 heteroatoms. The number of fused-ring (bicyclic) bond motifs is 1. The molecule has 2 N–H and O–H groups in total. The zero-order valence-corrected chi connectivity index (χ0v) is 11.9. The van der Waals surface area contributed by atoms with Crippen LogP contribution in [0.5, 0.6) is 0 Å². The largest absolute Gasteiger partial charge is 0.325 e. The first-order valence-corrected chi connectivity index (χ1v) is 7.30. The van der Waals surface area contributed by atoms with Crippen LogP contribution in [0.2, 0.25) is 0 Å². The van der Waals surface area contributed by atoms with Gasteiger partial charge in [0.05, 0.1) is 11.2 Å². The Morgan fingerprint density at radius 2 is 2.16 bits per heavy atom. The molecule has 3 rings (SSSR count). The molecule has 1 aliphatic carbocycles. The minimum atomic E-state index is -0.0740. The minimum absolute atomic E-state index is 0.0740. The second kappa shape index (κ2) is 4.64. The number of benzene rings is 1. The van der Waals surface area contributed by atoms with Crippen molar-refractivity contribution in [2.24, 2.45) is 18.7 Å². The lowest BCUT2D eigenvalue weighted by atomic mass is 9.72. The van der Waals surface area contributed by atoms with E-state index in [-0.39, 0.29) is 5.54 Å². The van der Waals surface area contributed by atoms with Crippen molar-refractivity contribution in [2.45, 2.75) is 44.6 Å². The van der Waals surface area contributed by atoms with Gasteiger partial charge < -0.3 is 5.73 Å². The summed E-state index contributed by atoms with van der Waals surface area (Å²) in [6, 6.07) is 8.43. The number of hydrogen-bond donors (Lipinski definition) is 1. The molecule has 0 bridgehead atoms. The molecule has 2 aromatic rings. The molecule has 0 aliphatic heterocycles. The van der Waals surface area contributed by atoms with Crippen LogP contribution < -0.4 is 5.73 Å². The maximum Gasteiger partial charge on any atom is 0.0721 e. The van der Waals surface area contributed by atoms with Gasteiger partial charge in [-0.25, -0.2) is 0 Å². The summed E-state index contributed by atoms with van der Waals surface area (Å²) >= 11 is 0. The summed E-state index contributed by atoms with van der Waals surface area (Å²) in [6.45, 7) is 2.30. The molecule has 1 aromatic heterocycles. The number of aromatic nitrogens is 2. The number of aryl methyl sites for hydroxylation is 1. The number of rotatable bonds is 2. The van der Waals surface area contributed by atoms with Gasteiger partial charge in [-0.2, -0.15) is 5.10 Å². The molecule has 0 amide bonds. The summed E-state index contributed by atoms with van der Waals surface area (Å²) in [5, 5.41) is 5.96. The summed E-state index contributed by atoms with van der Waals surface area (Å²) < 4.78 is 1.97. The van der Waals surface area contributed by atoms with Crippen LogP contribution in [0.15, 0.2) is 24.3 Å². The topological polar surface area (TPSA) is 43.8 Å². The van der Waals surface area contributed by atoms with Crippen molar-refractivity contribution in [3.05, 3.63) is 30.0 Å². The van der Waals surface area contributed by atoms with Gasteiger partial charge in [-0.15, -0.1) is 0 Å². The second-order valence-corrected chi connectivity index (χ2v) is 6.14. The highest BCUT2D eigenvalue weighted by Crippen LogP contribution is 2.35. The Balaban J connectivity index is 1.97. The van der Waals surface area contributed by atoms with E-state index in [2.05, 4.69) is 31.2 Å². The van der Waals surface area contributed by atoms with Crippen LogP contribution in [0.3, 0.4) is 0 Å². The highest BCUT2D eigenvalue weighted by atomic mass is 15.3. The normalized spacial score (nSPS) is 27.8.